The highest BCUT2D eigenvalue weighted by Gasteiger charge is 2.54. The molecule has 9 heteroatoms. The third-order valence-electron chi connectivity index (χ3n) is 4.05. The number of nitrogens with zero attached hydrogens (tertiary/aromatic N) is 2. The molecular formula is C21H24ClF5N2Si. The van der Waals surface area contributed by atoms with Crippen LogP contribution in [0.1, 0.15) is 47.1 Å². The first-order valence-corrected chi connectivity index (χ1v) is 12.1. The zero-order valence-corrected chi connectivity index (χ0v) is 19.4. The van der Waals surface area contributed by atoms with Gasteiger partial charge in [0.2, 0.25) is 0 Å². The lowest BCUT2D eigenvalue weighted by atomic mass is 10.1. The second-order valence-corrected chi connectivity index (χ2v) is 12.4. The van der Waals surface area contributed by atoms with Crippen molar-refractivity contribution in [1.29, 1.82) is 0 Å². The quantitative estimate of drug-likeness (QED) is 0.137. The highest BCUT2D eigenvalue weighted by Crippen LogP contribution is 2.32. The lowest BCUT2D eigenvalue weighted by molar-refractivity contribution is 0.328. The van der Waals surface area contributed by atoms with Crippen molar-refractivity contribution in [2.24, 2.45) is 4.99 Å². The summed E-state index contributed by atoms with van der Waals surface area (Å²) < 4.78 is 74.1. The predicted octanol–water partition coefficient (Wildman–Crippen LogP) is 5.94. The first kappa shape index (κ1) is 24.3. The van der Waals surface area contributed by atoms with Crippen LogP contribution in [0.3, 0.4) is 0 Å². The van der Waals surface area contributed by atoms with Gasteiger partial charge in [-0.1, -0.05) is 41.4 Å². The van der Waals surface area contributed by atoms with Gasteiger partial charge >= 0.3 is 7.88 Å². The largest absolute Gasteiger partial charge is 0.486 e. The van der Waals surface area contributed by atoms with Crippen LogP contribution in [0.2, 0.25) is 0 Å². The van der Waals surface area contributed by atoms with E-state index in [0.717, 1.165) is 4.57 Å². The summed E-state index contributed by atoms with van der Waals surface area (Å²) in [5.41, 5.74) is -1.43. The maximum atomic E-state index is 16.3. The van der Waals surface area contributed by atoms with E-state index in [-0.39, 0.29) is 11.9 Å². The molecule has 2 aromatic rings. The topological polar surface area (TPSA) is 15.6 Å². The molecule has 0 spiro atoms. The zero-order chi connectivity index (χ0) is 23.1. The molecule has 0 N–H and O–H groups in total. The van der Waals surface area contributed by atoms with Crippen molar-refractivity contribution in [3.63, 3.8) is 0 Å². The number of hydrogen-bond donors (Lipinski definition) is 0. The maximum absolute atomic E-state index is 16.3. The second-order valence-electron chi connectivity index (χ2n) is 8.86. The standard InChI is InChI=1S/C21H24ClF5N2Si/c1-20(2,3)28-19(13-10-8-7-9-11-13)29(21(4,5)6)30(22,27)18-16(25)14(23)12-15(24)17(18)26/h7-12H,1-6H3. The molecule has 0 aliphatic carbocycles. The van der Waals surface area contributed by atoms with Crippen LogP contribution in [0.4, 0.5) is 21.7 Å². The first-order valence-electron chi connectivity index (χ1n) is 9.24. The van der Waals surface area contributed by atoms with E-state index in [1.807, 2.05) is 0 Å². The predicted molar refractivity (Wildman–Crippen MR) is 113 cm³/mol. The highest BCUT2D eigenvalue weighted by molar-refractivity contribution is 7.22. The minimum absolute atomic E-state index is 0.0261. The molecule has 0 amide bonds. The molecule has 2 nitrogen and oxygen atoms in total. The van der Waals surface area contributed by atoms with Crippen LogP contribution in [0.25, 0.3) is 0 Å². The van der Waals surface area contributed by atoms with Crippen molar-refractivity contribution in [2.45, 2.75) is 52.6 Å². The molecular weight excluding hydrogens is 439 g/mol. The van der Waals surface area contributed by atoms with Gasteiger partial charge in [0.15, 0.2) is 23.3 Å². The van der Waals surface area contributed by atoms with Crippen LogP contribution in [0.5, 0.6) is 0 Å². The van der Waals surface area contributed by atoms with Gasteiger partial charge in [-0.15, -0.1) is 0 Å². The Morgan fingerprint density at radius 3 is 1.77 bits per heavy atom. The highest BCUT2D eigenvalue weighted by atomic mass is 35.6. The summed E-state index contributed by atoms with van der Waals surface area (Å²) in [5.74, 6) is -7.11. The van der Waals surface area contributed by atoms with Crippen molar-refractivity contribution < 1.29 is 21.7 Å². The molecule has 0 radical (unpaired) electrons. The molecule has 0 bridgehead atoms. The number of halogens is 6. The molecule has 0 fully saturated rings. The summed E-state index contributed by atoms with van der Waals surface area (Å²) in [6.45, 7) is 10.00. The van der Waals surface area contributed by atoms with Crippen LogP contribution >= 0.6 is 11.1 Å². The molecule has 0 saturated carbocycles. The minimum Gasteiger partial charge on any atom is -0.337 e. The fourth-order valence-electron chi connectivity index (χ4n) is 2.97. The van der Waals surface area contributed by atoms with Crippen molar-refractivity contribution in [2.75, 3.05) is 0 Å². The molecule has 2 rings (SSSR count). The first-order chi connectivity index (χ1) is 13.6. The number of aliphatic imine (C=N–C) groups is 1. The van der Waals surface area contributed by atoms with Gasteiger partial charge in [0.25, 0.3) is 0 Å². The van der Waals surface area contributed by atoms with E-state index in [0.29, 0.717) is 5.56 Å². The lowest BCUT2D eigenvalue weighted by Gasteiger charge is -2.44. The summed E-state index contributed by atoms with van der Waals surface area (Å²) >= 11 is 6.24. The summed E-state index contributed by atoms with van der Waals surface area (Å²) in [5, 5.41) is -1.44. The fourth-order valence-corrected chi connectivity index (χ4v) is 6.75. The van der Waals surface area contributed by atoms with E-state index in [4.69, 9.17) is 11.1 Å². The van der Waals surface area contributed by atoms with Gasteiger partial charge in [-0.25, -0.2) is 17.6 Å². The normalized spacial score (nSPS) is 15.1. The van der Waals surface area contributed by atoms with Crippen molar-refractivity contribution >= 4 is 30.0 Å². The Hall–Kier alpha value is -1.93. The molecule has 1 unspecified atom stereocenters. The van der Waals surface area contributed by atoms with Gasteiger partial charge in [-0.05, 0) is 41.5 Å². The van der Waals surface area contributed by atoms with Gasteiger partial charge in [0, 0.05) is 17.2 Å². The number of amidine groups is 1. The Kier molecular flexibility index (Phi) is 6.74. The average Bonchev–Trinajstić information content (AvgIpc) is 2.57. The van der Waals surface area contributed by atoms with E-state index in [1.165, 1.54) is 0 Å². The Morgan fingerprint density at radius 1 is 0.900 bits per heavy atom. The van der Waals surface area contributed by atoms with Crippen LogP contribution < -0.4 is 5.19 Å². The molecule has 0 aliphatic heterocycles. The SMILES string of the molecule is CC(C)(C)N=C(c1ccccc1)N(C(C)(C)C)[Si](F)(Cl)c1c(F)c(F)cc(F)c1F. The maximum Gasteiger partial charge on any atom is 0.486 e. The monoisotopic (exact) mass is 462 g/mol. The summed E-state index contributed by atoms with van der Waals surface area (Å²) in [6.07, 6.45) is 0. The molecule has 0 heterocycles. The molecule has 1 atom stereocenters. The lowest BCUT2D eigenvalue weighted by Crippen LogP contribution is -2.66. The average molecular weight is 463 g/mol. The van der Waals surface area contributed by atoms with E-state index in [9.17, 15) is 17.6 Å². The van der Waals surface area contributed by atoms with Gasteiger partial charge < -0.3 is 4.57 Å². The molecule has 0 aliphatic rings. The van der Waals surface area contributed by atoms with E-state index in [1.54, 1.807) is 71.9 Å². The molecule has 2 aromatic carbocycles. The molecule has 30 heavy (non-hydrogen) atoms. The zero-order valence-electron chi connectivity index (χ0n) is 17.6. The van der Waals surface area contributed by atoms with Crippen LogP contribution in [-0.4, -0.2) is 29.4 Å². The van der Waals surface area contributed by atoms with E-state index in [2.05, 4.69) is 4.99 Å². The number of hydrogen-bond acceptors (Lipinski definition) is 1. The fraction of sp³-hybridized carbons (Fsp3) is 0.381. The van der Waals surface area contributed by atoms with E-state index < -0.39 is 47.4 Å². The summed E-state index contributed by atoms with van der Waals surface area (Å²) in [7, 11) is -5.40. The molecule has 164 valence electrons. The van der Waals surface area contributed by atoms with E-state index >= 15 is 4.11 Å². The third kappa shape index (κ3) is 5.03. The van der Waals surface area contributed by atoms with Gasteiger partial charge in [-0.3, -0.25) is 9.10 Å². The van der Waals surface area contributed by atoms with Crippen LogP contribution in [0, 0.1) is 23.3 Å². The van der Waals surface area contributed by atoms with Crippen LogP contribution in [-0.2, 0) is 0 Å². The third-order valence-corrected chi connectivity index (χ3v) is 7.61. The summed E-state index contributed by atoms with van der Waals surface area (Å²) in [4.78, 5) is 4.56. The molecule has 0 saturated heterocycles. The van der Waals surface area contributed by atoms with Crippen LogP contribution in [0.15, 0.2) is 41.4 Å². The Labute approximate surface area is 179 Å². The van der Waals surface area contributed by atoms with Gasteiger partial charge in [0.1, 0.15) is 5.84 Å². The Bertz CT molecular complexity index is 924. The molecule has 0 aromatic heterocycles. The number of rotatable bonds is 3. The number of benzene rings is 2. The van der Waals surface area contributed by atoms with Crippen molar-refractivity contribution in [1.82, 2.24) is 4.57 Å². The smallest absolute Gasteiger partial charge is 0.337 e. The van der Waals surface area contributed by atoms with Gasteiger partial charge in [-0.2, -0.15) is 0 Å². The second kappa shape index (κ2) is 8.30. The van der Waals surface area contributed by atoms with Crippen molar-refractivity contribution in [3.8, 4) is 0 Å². The summed E-state index contributed by atoms with van der Waals surface area (Å²) in [6, 6.07) is 8.42. The Balaban J connectivity index is 2.90. The van der Waals surface area contributed by atoms with Gasteiger partial charge in [0.05, 0.1) is 10.7 Å². The Morgan fingerprint density at radius 2 is 1.37 bits per heavy atom. The minimum atomic E-state index is -5.40. The van der Waals surface area contributed by atoms with Crippen molar-refractivity contribution in [3.05, 3.63) is 65.2 Å².